The summed E-state index contributed by atoms with van der Waals surface area (Å²) in [7, 11) is 2.96. The minimum Gasteiger partial charge on any atom is -0.394 e. The number of halogens is 7. The maximum atomic E-state index is 14.0. The first kappa shape index (κ1) is 31.4. The molecule has 41 heavy (non-hydrogen) atoms. The third-order valence-corrected chi connectivity index (χ3v) is 7.81. The second kappa shape index (κ2) is 12.4. The highest BCUT2D eigenvalue weighted by Gasteiger charge is 2.52. The van der Waals surface area contributed by atoms with Crippen LogP contribution in [-0.4, -0.2) is 86.8 Å². The van der Waals surface area contributed by atoms with Crippen molar-refractivity contribution in [2.24, 2.45) is 0 Å². The average Bonchev–Trinajstić information content (AvgIpc) is 3.37. The van der Waals surface area contributed by atoms with Crippen LogP contribution in [0.25, 0.3) is 11.3 Å². The first-order valence-corrected chi connectivity index (χ1v) is 13.3. The van der Waals surface area contributed by atoms with E-state index in [-0.39, 0.29) is 26.7 Å². The van der Waals surface area contributed by atoms with Crippen molar-refractivity contribution < 1.29 is 46.4 Å². The Kier molecular flexibility index (Phi) is 9.48. The molecule has 0 bridgehead atoms. The summed E-state index contributed by atoms with van der Waals surface area (Å²) in [5.74, 6) is -2.70. The molecule has 1 aromatic heterocycles. The molecular weight excluding hydrogens is 622 g/mol. The number of carbonyl (C=O) groups is 1. The predicted molar refractivity (Wildman–Crippen MR) is 137 cm³/mol. The number of amides is 1. The van der Waals surface area contributed by atoms with E-state index in [2.05, 4.69) is 15.0 Å². The number of alkyl halides is 3. The number of benzene rings is 2. The van der Waals surface area contributed by atoms with Gasteiger partial charge in [0.05, 0.1) is 18.4 Å². The fraction of sp³-hybridized carbons (Fsp3) is 0.375. The van der Waals surface area contributed by atoms with E-state index >= 15 is 0 Å². The number of aliphatic hydroxyl groups is 2. The van der Waals surface area contributed by atoms with E-state index in [4.69, 9.17) is 27.9 Å². The SMILES string of the molecule is CN(C)C(=O)c1ccc(Cl)cc1SC1OC(CO)C(O)C(n2cc(-c3cc(F)c(Cl)c(F)c3)nn2)C1OC(F)(F)F. The van der Waals surface area contributed by atoms with Crippen molar-refractivity contribution in [3.8, 4) is 11.3 Å². The van der Waals surface area contributed by atoms with Gasteiger partial charge in [-0.3, -0.25) is 9.53 Å². The summed E-state index contributed by atoms with van der Waals surface area (Å²) in [4.78, 5) is 14.1. The summed E-state index contributed by atoms with van der Waals surface area (Å²) in [6.07, 6.45) is -9.48. The number of aliphatic hydroxyl groups excluding tert-OH is 2. The lowest BCUT2D eigenvalue weighted by molar-refractivity contribution is -0.366. The average molecular weight is 643 g/mol. The number of thioether (sulfide) groups is 1. The van der Waals surface area contributed by atoms with Crippen LogP contribution in [0.1, 0.15) is 16.4 Å². The van der Waals surface area contributed by atoms with E-state index < -0.39 is 65.3 Å². The quantitative estimate of drug-likeness (QED) is 0.285. The van der Waals surface area contributed by atoms with Gasteiger partial charge in [0.25, 0.3) is 5.91 Å². The third-order valence-electron chi connectivity index (χ3n) is 6.01. The number of nitrogens with zero attached hydrogens (tertiary/aromatic N) is 4. The Morgan fingerprint density at radius 2 is 1.85 bits per heavy atom. The van der Waals surface area contributed by atoms with Crippen molar-refractivity contribution >= 4 is 40.9 Å². The van der Waals surface area contributed by atoms with Gasteiger partial charge in [-0.25, -0.2) is 13.5 Å². The summed E-state index contributed by atoms with van der Waals surface area (Å²) < 4.78 is 79.9. The molecule has 1 saturated heterocycles. The fourth-order valence-electron chi connectivity index (χ4n) is 4.13. The molecule has 0 spiro atoms. The zero-order valence-electron chi connectivity index (χ0n) is 21.0. The minimum atomic E-state index is -5.24. The smallest absolute Gasteiger partial charge is 0.394 e. The van der Waals surface area contributed by atoms with Gasteiger partial charge >= 0.3 is 6.36 Å². The molecule has 5 atom stereocenters. The van der Waals surface area contributed by atoms with Gasteiger partial charge in [0.15, 0.2) is 0 Å². The highest BCUT2D eigenvalue weighted by molar-refractivity contribution is 8.00. The number of carbonyl (C=O) groups excluding carboxylic acids is 1. The van der Waals surface area contributed by atoms with Gasteiger partial charge in [-0.05, 0) is 30.3 Å². The van der Waals surface area contributed by atoms with Gasteiger partial charge < -0.3 is 19.8 Å². The normalized spacial score (nSPS) is 23.0. The van der Waals surface area contributed by atoms with Crippen LogP contribution in [0, 0.1) is 11.6 Å². The molecule has 3 aromatic rings. The highest BCUT2D eigenvalue weighted by atomic mass is 35.5. The standard InChI is InChI=1S/C24H21Cl2F5N4O5S/c1-34(2)22(38)12-4-3-11(25)7-17(12)41-23-21(40-24(29,30)31)19(20(37)16(9-36)39-23)35-8-15(32-33-35)10-5-13(27)18(26)14(28)6-10/h3-8,16,19-21,23,36-37H,9H2,1-2H3. The van der Waals surface area contributed by atoms with Gasteiger partial charge in [-0.1, -0.05) is 40.2 Å². The van der Waals surface area contributed by atoms with E-state index in [1.807, 2.05) is 0 Å². The van der Waals surface area contributed by atoms with E-state index in [0.29, 0.717) is 11.8 Å². The van der Waals surface area contributed by atoms with Crippen LogP contribution in [0.15, 0.2) is 41.4 Å². The summed E-state index contributed by atoms with van der Waals surface area (Å²) in [6.45, 7) is -0.818. The first-order valence-electron chi connectivity index (χ1n) is 11.6. The van der Waals surface area contributed by atoms with Crippen LogP contribution in [0.3, 0.4) is 0 Å². The maximum Gasteiger partial charge on any atom is 0.522 e. The molecule has 1 aliphatic heterocycles. The molecule has 0 radical (unpaired) electrons. The van der Waals surface area contributed by atoms with Crippen LogP contribution in [-0.2, 0) is 9.47 Å². The lowest BCUT2D eigenvalue weighted by Gasteiger charge is -2.43. The van der Waals surface area contributed by atoms with Crippen molar-refractivity contribution in [2.45, 2.75) is 41.0 Å². The van der Waals surface area contributed by atoms with Gasteiger partial charge in [-0.15, -0.1) is 18.3 Å². The summed E-state index contributed by atoms with van der Waals surface area (Å²) in [5.41, 5.74) is -1.80. The number of hydrogen-bond acceptors (Lipinski definition) is 8. The van der Waals surface area contributed by atoms with E-state index in [9.17, 15) is 37.0 Å². The highest BCUT2D eigenvalue weighted by Crippen LogP contribution is 2.43. The Bertz CT molecular complexity index is 1410. The Morgan fingerprint density at radius 3 is 2.44 bits per heavy atom. The molecule has 5 unspecified atom stereocenters. The zero-order valence-corrected chi connectivity index (χ0v) is 23.3. The van der Waals surface area contributed by atoms with Crippen molar-refractivity contribution in [3.05, 3.63) is 63.8 Å². The minimum absolute atomic E-state index is 0.0943. The van der Waals surface area contributed by atoms with Crippen LogP contribution < -0.4 is 0 Å². The number of hydrogen-bond donors (Lipinski definition) is 2. The summed E-state index contributed by atoms with van der Waals surface area (Å²) in [5, 5.41) is 27.8. The molecule has 2 heterocycles. The molecular formula is C24H21Cl2F5N4O5S. The maximum absolute atomic E-state index is 14.0. The molecule has 1 amide bonds. The van der Waals surface area contributed by atoms with Crippen LogP contribution in [0.5, 0.6) is 0 Å². The third kappa shape index (κ3) is 6.93. The van der Waals surface area contributed by atoms with Crippen molar-refractivity contribution in [1.29, 1.82) is 0 Å². The Morgan fingerprint density at radius 1 is 1.20 bits per heavy atom. The monoisotopic (exact) mass is 642 g/mol. The van der Waals surface area contributed by atoms with Crippen LogP contribution in [0.4, 0.5) is 22.0 Å². The Labute approximate surface area is 243 Å². The van der Waals surface area contributed by atoms with Crippen molar-refractivity contribution in [1.82, 2.24) is 19.9 Å². The topological polar surface area (TPSA) is 110 Å². The van der Waals surface area contributed by atoms with Crippen molar-refractivity contribution in [3.63, 3.8) is 0 Å². The van der Waals surface area contributed by atoms with Crippen LogP contribution >= 0.6 is 35.0 Å². The number of ether oxygens (including phenoxy) is 2. The van der Waals surface area contributed by atoms with Crippen LogP contribution in [0.2, 0.25) is 10.0 Å². The van der Waals surface area contributed by atoms with Gasteiger partial charge in [0.1, 0.15) is 52.1 Å². The van der Waals surface area contributed by atoms with E-state index in [0.717, 1.165) is 23.0 Å². The summed E-state index contributed by atoms with van der Waals surface area (Å²) >= 11 is 12.3. The molecule has 9 nitrogen and oxygen atoms in total. The van der Waals surface area contributed by atoms with E-state index in [1.165, 1.54) is 37.2 Å². The van der Waals surface area contributed by atoms with Crippen molar-refractivity contribution in [2.75, 3.05) is 20.7 Å². The van der Waals surface area contributed by atoms with Gasteiger partial charge in [0, 0.05) is 29.6 Å². The molecule has 0 saturated carbocycles. The van der Waals surface area contributed by atoms with Gasteiger partial charge in [-0.2, -0.15) is 0 Å². The lowest BCUT2D eigenvalue weighted by Crippen LogP contribution is -2.57. The van der Waals surface area contributed by atoms with E-state index in [1.54, 1.807) is 0 Å². The zero-order chi connectivity index (χ0) is 30.2. The number of aromatic nitrogens is 3. The molecule has 2 N–H and O–H groups in total. The number of rotatable bonds is 7. The molecule has 2 aromatic carbocycles. The Balaban J connectivity index is 1.78. The largest absolute Gasteiger partial charge is 0.522 e. The molecule has 4 rings (SSSR count). The second-order valence-corrected chi connectivity index (χ2v) is 11.0. The molecule has 17 heteroatoms. The first-order chi connectivity index (χ1) is 19.2. The molecule has 0 aliphatic carbocycles. The molecule has 1 fully saturated rings. The fourth-order valence-corrected chi connectivity index (χ4v) is 5.75. The predicted octanol–water partition coefficient (Wildman–Crippen LogP) is 4.55. The van der Waals surface area contributed by atoms with Gasteiger partial charge in [0.2, 0.25) is 0 Å². The molecule has 1 aliphatic rings. The summed E-state index contributed by atoms with van der Waals surface area (Å²) in [6, 6.07) is 4.18. The lowest BCUT2D eigenvalue weighted by atomic mass is 9.97. The molecule has 222 valence electrons. The Hall–Kier alpha value is -2.53. The second-order valence-electron chi connectivity index (χ2n) is 9.03.